The predicted octanol–water partition coefficient (Wildman–Crippen LogP) is 2.41. The quantitative estimate of drug-likeness (QED) is 0.654. The number of carbonyl (C=O) groups excluding carboxylic acids is 1. The molecule has 12 heavy (non-hydrogen) atoms. The minimum absolute atomic E-state index is 0.161. The van der Waals surface area contributed by atoms with E-state index in [0.29, 0.717) is 6.42 Å². The first-order valence-corrected chi connectivity index (χ1v) is 5.10. The summed E-state index contributed by atoms with van der Waals surface area (Å²) in [6.45, 7) is 0. The average molecular weight is 181 g/mol. The van der Waals surface area contributed by atoms with Gasteiger partial charge in [-0.1, -0.05) is 0 Å². The van der Waals surface area contributed by atoms with Crippen molar-refractivity contribution in [2.24, 2.45) is 0 Å². The minimum atomic E-state index is 0.161. The van der Waals surface area contributed by atoms with E-state index in [9.17, 15) is 4.79 Å². The van der Waals surface area contributed by atoms with Crippen LogP contribution in [0.2, 0.25) is 0 Å². The lowest BCUT2D eigenvalue weighted by Crippen LogP contribution is -2.13. The standard InChI is InChI=1S/C9H11NOS/c11-9-4-2-1-3-8-7(10-9)5-6-12-8/h5-6H,1-4H2,(H,10,11). The molecule has 0 atom stereocenters. The molecule has 2 nitrogen and oxygen atoms in total. The van der Waals surface area contributed by atoms with E-state index in [1.807, 2.05) is 11.4 Å². The highest BCUT2D eigenvalue weighted by molar-refractivity contribution is 7.10. The molecule has 0 fully saturated rings. The molecular weight excluding hydrogens is 170 g/mol. The van der Waals surface area contributed by atoms with Crippen LogP contribution in [0.15, 0.2) is 11.4 Å². The molecule has 1 aliphatic rings. The molecular formula is C9H11NOS. The molecule has 1 amide bonds. The van der Waals surface area contributed by atoms with E-state index in [0.717, 1.165) is 24.9 Å². The number of nitrogens with one attached hydrogen (secondary N) is 1. The molecule has 0 spiro atoms. The largest absolute Gasteiger partial charge is 0.325 e. The number of anilines is 1. The Balaban J connectivity index is 2.25. The topological polar surface area (TPSA) is 29.1 Å². The monoisotopic (exact) mass is 181 g/mol. The lowest BCUT2D eigenvalue weighted by Gasteiger charge is -2.09. The van der Waals surface area contributed by atoms with Gasteiger partial charge in [-0.15, -0.1) is 11.3 Å². The Morgan fingerprint density at radius 2 is 2.17 bits per heavy atom. The van der Waals surface area contributed by atoms with Gasteiger partial charge in [0.25, 0.3) is 0 Å². The summed E-state index contributed by atoms with van der Waals surface area (Å²) in [5.74, 6) is 0.161. The van der Waals surface area contributed by atoms with Crippen molar-refractivity contribution in [1.82, 2.24) is 0 Å². The molecule has 0 aliphatic carbocycles. The van der Waals surface area contributed by atoms with Crippen molar-refractivity contribution in [2.45, 2.75) is 25.7 Å². The fourth-order valence-electron chi connectivity index (χ4n) is 1.43. The van der Waals surface area contributed by atoms with Crippen molar-refractivity contribution in [3.05, 3.63) is 16.3 Å². The van der Waals surface area contributed by atoms with E-state index in [1.165, 1.54) is 4.88 Å². The third kappa shape index (κ3) is 1.50. The van der Waals surface area contributed by atoms with Crippen molar-refractivity contribution >= 4 is 22.9 Å². The zero-order valence-corrected chi connectivity index (χ0v) is 7.62. The second-order valence-electron chi connectivity index (χ2n) is 3.01. The summed E-state index contributed by atoms with van der Waals surface area (Å²) in [4.78, 5) is 12.5. The Hall–Kier alpha value is -0.830. The van der Waals surface area contributed by atoms with E-state index >= 15 is 0 Å². The Morgan fingerprint density at radius 1 is 1.33 bits per heavy atom. The van der Waals surface area contributed by atoms with Crippen molar-refractivity contribution in [1.29, 1.82) is 0 Å². The van der Waals surface area contributed by atoms with Crippen LogP contribution in [0.1, 0.15) is 24.1 Å². The summed E-state index contributed by atoms with van der Waals surface area (Å²) in [5, 5.41) is 4.95. The zero-order chi connectivity index (χ0) is 8.39. The summed E-state index contributed by atoms with van der Waals surface area (Å²) in [6, 6.07) is 1.99. The van der Waals surface area contributed by atoms with Gasteiger partial charge in [0.1, 0.15) is 0 Å². The first kappa shape index (κ1) is 7.80. The van der Waals surface area contributed by atoms with Crippen molar-refractivity contribution in [3.8, 4) is 0 Å². The van der Waals surface area contributed by atoms with Crippen LogP contribution in [0.25, 0.3) is 0 Å². The fourth-order valence-corrected chi connectivity index (χ4v) is 2.31. The van der Waals surface area contributed by atoms with Crippen LogP contribution >= 0.6 is 11.3 Å². The van der Waals surface area contributed by atoms with Gasteiger partial charge >= 0.3 is 0 Å². The van der Waals surface area contributed by atoms with E-state index < -0.39 is 0 Å². The second-order valence-corrected chi connectivity index (χ2v) is 4.01. The maximum Gasteiger partial charge on any atom is 0.224 e. The maximum atomic E-state index is 11.2. The average Bonchev–Trinajstić information content (AvgIpc) is 2.42. The lowest BCUT2D eigenvalue weighted by atomic mass is 10.1. The van der Waals surface area contributed by atoms with Gasteiger partial charge < -0.3 is 5.32 Å². The molecule has 1 aliphatic heterocycles. The van der Waals surface area contributed by atoms with Gasteiger partial charge in [0, 0.05) is 11.3 Å². The summed E-state index contributed by atoms with van der Waals surface area (Å²) >= 11 is 1.74. The third-order valence-corrected chi connectivity index (χ3v) is 3.06. The number of thiophene rings is 1. The highest BCUT2D eigenvalue weighted by atomic mass is 32.1. The Labute approximate surface area is 75.6 Å². The molecule has 0 saturated heterocycles. The number of carbonyl (C=O) groups is 1. The predicted molar refractivity (Wildman–Crippen MR) is 50.5 cm³/mol. The normalized spacial score (nSPS) is 17.5. The van der Waals surface area contributed by atoms with Crippen LogP contribution < -0.4 is 5.32 Å². The van der Waals surface area contributed by atoms with Gasteiger partial charge in [-0.3, -0.25) is 4.79 Å². The van der Waals surface area contributed by atoms with E-state index in [-0.39, 0.29) is 5.91 Å². The zero-order valence-electron chi connectivity index (χ0n) is 6.80. The number of rotatable bonds is 0. The molecule has 1 aromatic rings. The summed E-state index contributed by atoms with van der Waals surface area (Å²) in [5.41, 5.74) is 1.03. The van der Waals surface area contributed by atoms with Gasteiger partial charge in [0.2, 0.25) is 5.91 Å². The van der Waals surface area contributed by atoms with Crippen LogP contribution in [0, 0.1) is 0 Å². The molecule has 3 heteroatoms. The Bertz CT molecular complexity index is 292. The van der Waals surface area contributed by atoms with E-state index in [2.05, 4.69) is 5.32 Å². The molecule has 0 unspecified atom stereocenters. The van der Waals surface area contributed by atoms with Crippen LogP contribution in [-0.4, -0.2) is 5.91 Å². The van der Waals surface area contributed by atoms with E-state index in [4.69, 9.17) is 0 Å². The fraction of sp³-hybridized carbons (Fsp3) is 0.444. The molecule has 0 bridgehead atoms. The highest BCUT2D eigenvalue weighted by Gasteiger charge is 2.11. The van der Waals surface area contributed by atoms with Crippen LogP contribution in [-0.2, 0) is 11.2 Å². The molecule has 2 heterocycles. The van der Waals surface area contributed by atoms with Gasteiger partial charge in [0.05, 0.1) is 5.69 Å². The summed E-state index contributed by atoms with van der Waals surface area (Å²) in [7, 11) is 0. The number of amides is 1. The SMILES string of the molecule is O=C1CCCCc2sccc2N1. The van der Waals surface area contributed by atoms with Gasteiger partial charge in [-0.05, 0) is 30.7 Å². The number of hydrogen-bond acceptors (Lipinski definition) is 2. The Morgan fingerprint density at radius 3 is 3.08 bits per heavy atom. The Kier molecular flexibility index (Phi) is 2.13. The van der Waals surface area contributed by atoms with Crippen LogP contribution in [0.3, 0.4) is 0 Å². The lowest BCUT2D eigenvalue weighted by molar-refractivity contribution is -0.116. The van der Waals surface area contributed by atoms with Crippen LogP contribution in [0.4, 0.5) is 5.69 Å². The number of hydrogen-bond donors (Lipinski definition) is 1. The maximum absolute atomic E-state index is 11.2. The molecule has 0 aromatic carbocycles. The molecule has 1 N–H and O–H groups in total. The first-order chi connectivity index (χ1) is 5.86. The van der Waals surface area contributed by atoms with Gasteiger partial charge in [-0.25, -0.2) is 0 Å². The highest BCUT2D eigenvalue weighted by Crippen LogP contribution is 2.26. The van der Waals surface area contributed by atoms with Gasteiger partial charge in [-0.2, -0.15) is 0 Å². The van der Waals surface area contributed by atoms with Crippen molar-refractivity contribution in [2.75, 3.05) is 5.32 Å². The first-order valence-electron chi connectivity index (χ1n) is 4.22. The van der Waals surface area contributed by atoms with Gasteiger partial charge in [0.15, 0.2) is 0 Å². The van der Waals surface area contributed by atoms with Crippen LogP contribution in [0.5, 0.6) is 0 Å². The number of aryl methyl sites for hydroxylation is 1. The van der Waals surface area contributed by atoms with E-state index in [1.54, 1.807) is 11.3 Å². The molecule has 0 radical (unpaired) electrons. The van der Waals surface area contributed by atoms with Crippen molar-refractivity contribution in [3.63, 3.8) is 0 Å². The molecule has 1 aromatic heterocycles. The second kappa shape index (κ2) is 3.27. The smallest absolute Gasteiger partial charge is 0.224 e. The molecule has 2 rings (SSSR count). The number of fused-ring (bicyclic) bond motifs is 1. The molecule has 64 valence electrons. The van der Waals surface area contributed by atoms with Crippen molar-refractivity contribution < 1.29 is 4.79 Å². The minimum Gasteiger partial charge on any atom is -0.325 e. The third-order valence-electron chi connectivity index (χ3n) is 2.08. The summed E-state index contributed by atoms with van der Waals surface area (Å²) < 4.78 is 0. The molecule has 0 saturated carbocycles. The summed E-state index contributed by atoms with van der Waals surface area (Å²) in [6.07, 6.45) is 3.95.